The van der Waals surface area contributed by atoms with Crippen LogP contribution in [0.5, 0.6) is 5.75 Å². The van der Waals surface area contributed by atoms with E-state index in [0.717, 1.165) is 66.4 Å². The summed E-state index contributed by atoms with van der Waals surface area (Å²) in [6, 6.07) is 17.5. The van der Waals surface area contributed by atoms with Crippen LogP contribution in [0.1, 0.15) is 11.3 Å². The van der Waals surface area contributed by atoms with E-state index in [9.17, 15) is 4.39 Å². The molecule has 9 nitrogen and oxygen atoms in total. The van der Waals surface area contributed by atoms with E-state index in [1.165, 1.54) is 18.5 Å². The van der Waals surface area contributed by atoms with E-state index < -0.39 is 0 Å². The topological polar surface area (TPSA) is 90.2 Å². The van der Waals surface area contributed by atoms with E-state index in [2.05, 4.69) is 30.5 Å². The Labute approximate surface area is 229 Å². The van der Waals surface area contributed by atoms with E-state index in [-0.39, 0.29) is 12.4 Å². The lowest BCUT2D eigenvalue weighted by Gasteiger charge is -2.25. The molecular weight excluding hydrogens is 521 g/mol. The Morgan fingerprint density at radius 3 is 2.77 bits per heavy atom. The molecule has 1 aliphatic heterocycles. The van der Waals surface area contributed by atoms with Crippen molar-refractivity contribution < 1.29 is 13.9 Å². The molecule has 5 aromatic rings. The molecule has 0 saturated carbocycles. The number of anilines is 2. The molecule has 1 fully saturated rings. The summed E-state index contributed by atoms with van der Waals surface area (Å²) >= 11 is 6.49. The van der Waals surface area contributed by atoms with Gasteiger partial charge in [-0.25, -0.2) is 19.0 Å². The van der Waals surface area contributed by atoms with Gasteiger partial charge < -0.3 is 14.8 Å². The second kappa shape index (κ2) is 11.3. The summed E-state index contributed by atoms with van der Waals surface area (Å²) in [5.41, 5.74) is 3.98. The van der Waals surface area contributed by atoms with Crippen LogP contribution in [0, 0.1) is 5.82 Å². The van der Waals surface area contributed by atoms with Crippen molar-refractivity contribution in [3.63, 3.8) is 0 Å². The highest BCUT2D eigenvalue weighted by atomic mass is 35.5. The van der Waals surface area contributed by atoms with Crippen LogP contribution in [0.2, 0.25) is 5.02 Å². The van der Waals surface area contributed by atoms with Crippen molar-refractivity contribution in [2.75, 3.05) is 31.6 Å². The van der Waals surface area contributed by atoms with Gasteiger partial charge in [0, 0.05) is 30.7 Å². The first-order valence-corrected chi connectivity index (χ1v) is 12.9. The number of nitrogens with zero attached hydrogens (tertiary/aromatic N) is 6. The predicted octanol–water partition coefficient (Wildman–Crippen LogP) is 5.16. The summed E-state index contributed by atoms with van der Waals surface area (Å²) in [7, 11) is 0. The minimum Gasteiger partial charge on any atom is -0.487 e. The fourth-order valence-electron chi connectivity index (χ4n) is 4.39. The smallest absolute Gasteiger partial charge is 0.141 e. The van der Waals surface area contributed by atoms with Gasteiger partial charge in [-0.15, -0.1) is 5.10 Å². The Hall–Kier alpha value is -4.12. The number of halogens is 2. The highest BCUT2D eigenvalue weighted by Crippen LogP contribution is 2.31. The third-order valence-electron chi connectivity index (χ3n) is 6.39. The van der Waals surface area contributed by atoms with Crippen LogP contribution in [-0.4, -0.2) is 56.2 Å². The van der Waals surface area contributed by atoms with Crippen molar-refractivity contribution in [1.82, 2.24) is 29.9 Å². The van der Waals surface area contributed by atoms with E-state index in [4.69, 9.17) is 21.1 Å². The molecule has 3 heterocycles. The van der Waals surface area contributed by atoms with E-state index in [1.807, 2.05) is 30.5 Å². The molecule has 198 valence electrons. The van der Waals surface area contributed by atoms with Crippen molar-refractivity contribution in [2.45, 2.75) is 13.2 Å². The summed E-state index contributed by atoms with van der Waals surface area (Å²) < 4.78 is 26.4. The lowest BCUT2D eigenvalue weighted by atomic mass is 10.2. The van der Waals surface area contributed by atoms with Crippen LogP contribution in [0.25, 0.3) is 16.6 Å². The maximum absolute atomic E-state index is 13.4. The highest BCUT2D eigenvalue weighted by Gasteiger charge is 2.14. The number of hydrogen-bond donors (Lipinski definition) is 1. The lowest BCUT2D eigenvalue weighted by Crippen LogP contribution is -2.35. The highest BCUT2D eigenvalue weighted by molar-refractivity contribution is 6.32. The van der Waals surface area contributed by atoms with Gasteiger partial charge >= 0.3 is 0 Å². The summed E-state index contributed by atoms with van der Waals surface area (Å²) in [5.74, 6) is 0.819. The molecule has 0 bridgehead atoms. The molecule has 0 aliphatic carbocycles. The predicted molar refractivity (Wildman–Crippen MR) is 146 cm³/mol. The van der Waals surface area contributed by atoms with Crippen LogP contribution in [0.15, 0.2) is 73.2 Å². The van der Waals surface area contributed by atoms with Gasteiger partial charge in [-0.3, -0.25) is 4.90 Å². The van der Waals surface area contributed by atoms with Gasteiger partial charge in [0.2, 0.25) is 0 Å². The molecule has 0 radical (unpaired) electrons. The molecule has 0 unspecified atom stereocenters. The summed E-state index contributed by atoms with van der Waals surface area (Å²) in [5, 5.41) is 13.3. The number of morpholine rings is 1. The Morgan fingerprint density at radius 2 is 1.92 bits per heavy atom. The normalized spacial score (nSPS) is 14.0. The van der Waals surface area contributed by atoms with Crippen LogP contribution < -0.4 is 10.1 Å². The quantitative estimate of drug-likeness (QED) is 0.286. The number of nitrogens with one attached hydrogen (secondary N) is 1. The third kappa shape index (κ3) is 5.98. The number of ether oxygens (including phenoxy) is 2. The molecule has 0 spiro atoms. The average Bonchev–Trinajstić information content (AvgIpc) is 3.42. The van der Waals surface area contributed by atoms with E-state index >= 15 is 0 Å². The second-order valence-corrected chi connectivity index (χ2v) is 9.56. The van der Waals surface area contributed by atoms with Gasteiger partial charge in [0.15, 0.2) is 0 Å². The largest absolute Gasteiger partial charge is 0.487 e. The van der Waals surface area contributed by atoms with Crippen LogP contribution in [0.4, 0.5) is 15.9 Å². The first-order valence-electron chi connectivity index (χ1n) is 12.5. The Kier molecular flexibility index (Phi) is 7.31. The molecular formula is C28H25ClFN7O2. The van der Waals surface area contributed by atoms with Gasteiger partial charge in [-0.05, 0) is 54.1 Å². The van der Waals surface area contributed by atoms with Crippen molar-refractivity contribution >= 4 is 34.0 Å². The molecule has 2 aromatic heterocycles. The van der Waals surface area contributed by atoms with Crippen molar-refractivity contribution in [2.24, 2.45) is 0 Å². The third-order valence-corrected chi connectivity index (χ3v) is 6.69. The number of hydrogen-bond acceptors (Lipinski definition) is 8. The maximum Gasteiger partial charge on any atom is 0.141 e. The Bertz CT molecular complexity index is 1610. The Balaban J connectivity index is 1.19. The van der Waals surface area contributed by atoms with Gasteiger partial charge in [0.25, 0.3) is 0 Å². The molecule has 0 amide bonds. The first-order chi connectivity index (χ1) is 19.1. The van der Waals surface area contributed by atoms with Gasteiger partial charge in [-0.1, -0.05) is 28.9 Å². The minimum absolute atomic E-state index is 0.208. The molecule has 39 heavy (non-hydrogen) atoms. The average molecular weight is 546 g/mol. The lowest BCUT2D eigenvalue weighted by molar-refractivity contribution is 0.0336. The fraction of sp³-hybridized carbons (Fsp3) is 0.214. The second-order valence-electron chi connectivity index (χ2n) is 9.16. The summed E-state index contributed by atoms with van der Waals surface area (Å²) in [6.07, 6.45) is 3.45. The van der Waals surface area contributed by atoms with Gasteiger partial charge in [0.05, 0.1) is 41.3 Å². The molecule has 1 N–H and O–H groups in total. The molecule has 1 saturated heterocycles. The first kappa shape index (κ1) is 25.2. The number of aromatic nitrogens is 5. The van der Waals surface area contributed by atoms with Gasteiger partial charge in [0.1, 0.15) is 30.3 Å². The number of rotatable bonds is 8. The van der Waals surface area contributed by atoms with Crippen LogP contribution >= 0.6 is 11.6 Å². The summed E-state index contributed by atoms with van der Waals surface area (Å²) in [6.45, 7) is 4.20. The SMILES string of the molecule is Fc1cccc(COc2ccc(Nc3ncnc4ccc(-n5cc(CN6CCOCC6)nn5)cc34)cc2Cl)c1. The van der Waals surface area contributed by atoms with Crippen molar-refractivity contribution in [3.05, 3.63) is 95.3 Å². The van der Waals surface area contributed by atoms with Crippen LogP contribution in [0.3, 0.4) is 0 Å². The van der Waals surface area contributed by atoms with Gasteiger partial charge in [-0.2, -0.15) is 0 Å². The maximum atomic E-state index is 13.4. The van der Waals surface area contributed by atoms with Crippen molar-refractivity contribution in [3.8, 4) is 11.4 Å². The van der Waals surface area contributed by atoms with Crippen LogP contribution in [-0.2, 0) is 17.9 Å². The molecule has 1 aliphatic rings. The zero-order valence-electron chi connectivity index (χ0n) is 20.9. The van der Waals surface area contributed by atoms with E-state index in [1.54, 1.807) is 28.9 Å². The Morgan fingerprint density at radius 1 is 1.03 bits per heavy atom. The standard InChI is InChI=1S/C28H25ClFN7O2/c29-25-13-21(4-7-27(25)39-17-19-2-1-3-20(30)12-19)33-28-24-14-23(5-6-26(24)31-18-32-28)37-16-22(34-35-37)15-36-8-10-38-11-9-36/h1-7,12-14,16,18H,8-11,15,17H2,(H,31,32,33). The van der Waals surface area contributed by atoms with E-state index in [0.29, 0.717) is 16.6 Å². The molecule has 0 atom stereocenters. The number of benzene rings is 3. The molecule has 11 heteroatoms. The number of fused-ring (bicyclic) bond motifs is 1. The summed E-state index contributed by atoms with van der Waals surface area (Å²) in [4.78, 5) is 11.2. The zero-order valence-corrected chi connectivity index (χ0v) is 21.7. The monoisotopic (exact) mass is 545 g/mol. The van der Waals surface area contributed by atoms with Crippen molar-refractivity contribution in [1.29, 1.82) is 0 Å². The molecule has 3 aromatic carbocycles. The molecule has 6 rings (SSSR count). The fourth-order valence-corrected chi connectivity index (χ4v) is 4.63. The minimum atomic E-state index is -0.306. The zero-order chi connectivity index (χ0) is 26.6.